The highest BCUT2D eigenvalue weighted by Crippen LogP contribution is 2.36. The van der Waals surface area contributed by atoms with Gasteiger partial charge in [-0.15, -0.1) is 0 Å². The van der Waals surface area contributed by atoms with Crippen LogP contribution in [0.25, 0.3) is 0 Å². The van der Waals surface area contributed by atoms with Crippen molar-refractivity contribution >= 4 is 23.2 Å². The molecule has 1 aliphatic heterocycles. The molecule has 27 heavy (non-hydrogen) atoms. The molecule has 0 unspecified atom stereocenters. The number of nitrogens with one attached hydrogen (secondary N) is 1. The van der Waals surface area contributed by atoms with Crippen molar-refractivity contribution in [3.63, 3.8) is 0 Å². The molecule has 2 aromatic carbocycles. The predicted molar refractivity (Wildman–Crippen MR) is 104 cm³/mol. The minimum absolute atomic E-state index is 0.108. The highest BCUT2D eigenvalue weighted by atomic mass is 16.5. The molecule has 0 spiro atoms. The van der Waals surface area contributed by atoms with E-state index in [2.05, 4.69) is 12.2 Å². The van der Waals surface area contributed by atoms with Crippen molar-refractivity contribution in [2.24, 2.45) is 5.92 Å². The molecule has 1 saturated heterocycles. The summed E-state index contributed by atoms with van der Waals surface area (Å²) in [5.74, 6) is 0.516. The molecule has 6 heteroatoms. The maximum atomic E-state index is 12.6. The number of hydrogen-bond acceptors (Lipinski definition) is 4. The van der Waals surface area contributed by atoms with Gasteiger partial charge >= 0.3 is 0 Å². The Labute approximate surface area is 159 Å². The van der Waals surface area contributed by atoms with E-state index in [0.29, 0.717) is 23.7 Å². The van der Waals surface area contributed by atoms with E-state index in [4.69, 9.17) is 9.47 Å². The van der Waals surface area contributed by atoms with Crippen LogP contribution < -0.4 is 19.7 Å². The number of aryl methyl sites for hydroxylation is 1. The summed E-state index contributed by atoms with van der Waals surface area (Å²) in [5, 5.41) is 2.91. The van der Waals surface area contributed by atoms with Crippen LogP contribution in [-0.4, -0.2) is 32.6 Å². The first-order valence-corrected chi connectivity index (χ1v) is 8.98. The van der Waals surface area contributed by atoms with E-state index >= 15 is 0 Å². The van der Waals surface area contributed by atoms with E-state index in [-0.39, 0.29) is 18.2 Å². The van der Waals surface area contributed by atoms with Crippen LogP contribution in [-0.2, 0) is 16.0 Å². The van der Waals surface area contributed by atoms with Gasteiger partial charge < -0.3 is 19.7 Å². The molecule has 1 fully saturated rings. The van der Waals surface area contributed by atoms with Crippen LogP contribution in [0.2, 0.25) is 0 Å². The summed E-state index contributed by atoms with van der Waals surface area (Å²) in [7, 11) is 3.12. The standard InChI is InChI=1S/C21H24N2O4/c1-4-14-5-7-16(8-6-14)22-21(25)15-11-20(24)23(13-15)18-12-17(26-2)9-10-19(18)27-3/h5-10,12,15H,4,11,13H2,1-3H3,(H,22,25)/t15-/m0/s1. The van der Waals surface area contributed by atoms with Gasteiger partial charge in [-0.05, 0) is 36.2 Å². The van der Waals surface area contributed by atoms with Gasteiger partial charge in [0, 0.05) is 24.7 Å². The van der Waals surface area contributed by atoms with Gasteiger partial charge in [0.25, 0.3) is 0 Å². The largest absolute Gasteiger partial charge is 0.497 e. The molecule has 2 aromatic rings. The molecule has 1 atom stereocenters. The lowest BCUT2D eigenvalue weighted by Crippen LogP contribution is -2.28. The summed E-state index contributed by atoms with van der Waals surface area (Å²) < 4.78 is 10.6. The van der Waals surface area contributed by atoms with Crippen molar-refractivity contribution in [3.8, 4) is 11.5 Å². The molecule has 0 radical (unpaired) electrons. The van der Waals surface area contributed by atoms with Crippen LogP contribution in [0, 0.1) is 5.92 Å². The summed E-state index contributed by atoms with van der Waals surface area (Å²) in [5.41, 5.74) is 2.56. The van der Waals surface area contributed by atoms with Crippen molar-refractivity contribution in [1.82, 2.24) is 0 Å². The lowest BCUT2D eigenvalue weighted by Gasteiger charge is -2.20. The van der Waals surface area contributed by atoms with Gasteiger partial charge in [-0.2, -0.15) is 0 Å². The molecule has 1 N–H and O–H groups in total. The third-order valence-electron chi connectivity index (χ3n) is 4.80. The zero-order valence-electron chi connectivity index (χ0n) is 15.8. The maximum absolute atomic E-state index is 12.6. The number of nitrogens with zero attached hydrogens (tertiary/aromatic N) is 1. The minimum atomic E-state index is -0.417. The molecule has 0 saturated carbocycles. The van der Waals surface area contributed by atoms with E-state index in [1.54, 1.807) is 37.3 Å². The molecule has 1 aliphatic rings. The third-order valence-corrected chi connectivity index (χ3v) is 4.80. The Kier molecular flexibility index (Phi) is 5.64. The quantitative estimate of drug-likeness (QED) is 0.850. The normalized spacial score (nSPS) is 16.3. The summed E-state index contributed by atoms with van der Waals surface area (Å²) in [6, 6.07) is 13.0. The summed E-state index contributed by atoms with van der Waals surface area (Å²) in [6.07, 6.45) is 1.11. The number of amides is 2. The number of carbonyl (C=O) groups excluding carboxylic acids is 2. The first kappa shape index (κ1) is 18.8. The van der Waals surface area contributed by atoms with E-state index in [1.807, 2.05) is 24.3 Å². The van der Waals surface area contributed by atoms with E-state index < -0.39 is 5.92 Å². The topological polar surface area (TPSA) is 67.9 Å². The van der Waals surface area contributed by atoms with E-state index in [1.165, 1.54) is 5.56 Å². The Morgan fingerprint density at radius 2 is 1.89 bits per heavy atom. The highest BCUT2D eigenvalue weighted by Gasteiger charge is 2.36. The van der Waals surface area contributed by atoms with Crippen LogP contribution in [0.4, 0.5) is 11.4 Å². The van der Waals surface area contributed by atoms with E-state index in [0.717, 1.165) is 12.1 Å². The van der Waals surface area contributed by atoms with Crippen molar-refractivity contribution in [3.05, 3.63) is 48.0 Å². The molecule has 2 amide bonds. The van der Waals surface area contributed by atoms with Gasteiger partial charge in [-0.3, -0.25) is 9.59 Å². The van der Waals surface area contributed by atoms with E-state index in [9.17, 15) is 9.59 Å². The number of rotatable bonds is 6. The van der Waals surface area contributed by atoms with Gasteiger partial charge in [0.2, 0.25) is 11.8 Å². The Morgan fingerprint density at radius 1 is 1.15 bits per heavy atom. The van der Waals surface area contributed by atoms with Gasteiger partial charge in [0.1, 0.15) is 11.5 Å². The lowest BCUT2D eigenvalue weighted by molar-refractivity contribution is -0.122. The first-order valence-electron chi connectivity index (χ1n) is 8.98. The molecule has 3 rings (SSSR count). The highest BCUT2D eigenvalue weighted by molar-refractivity contribution is 6.04. The summed E-state index contributed by atoms with van der Waals surface area (Å²) in [6.45, 7) is 2.39. The van der Waals surface area contributed by atoms with Gasteiger partial charge in [-0.25, -0.2) is 0 Å². The molecule has 142 valence electrons. The summed E-state index contributed by atoms with van der Waals surface area (Å²) in [4.78, 5) is 26.8. The first-order chi connectivity index (χ1) is 13.0. The number of methoxy groups -OCH3 is 2. The Bertz CT molecular complexity index is 833. The van der Waals surface area contributed by atoms with Crippen LogP contribution in [0.1, 0.15) is 18.9 Å². The maximum Gasteiger partial charge on any atom is 0.229 e. The number of carbonyl (C=O) groups is 2. The Hall–Kier alpha value is -3.02. The second-order valence-corrected chi connectivity index (χ2v) is 6.48. The van der Waals surface area contributed by atoms with Crippen LogP contribution >= 0.6 is 0 Å². The number of anilines is 2. The number of ether oxygens (including phenoxy) is 2. The fourth-order valence-corrected chi connectivity index (χ4v) is 3.19. The summed E-state index contributed by atoms with van der Waals surface area (Å²) >= 11 is 0. The van der Waals surface area contributed by atoms with Crippen molar-refractivity contribution < 1.29 is 19.1 Å². The fourth-order valence-electron chi connectivity index (χ4n) is 3.19. The van der Waals surface area contributed by atoms with Crippen molar-refractivity contribution in [2.75, 3.05) is 31.0 Å². The number of benzene rings is 2. The van der Waals surface area contributed by atoms with Crippen LogP contribution in [0.3, 0.4) is 0 Å². The SMILES string of the molecule is CCc1ccc(NC(=O)[C@H]2CC(=O)N(c3cc(OC)ccc3OC)C2)cc1. The minimum Gasteiger partial charge on any atom is -0.497 e. The Balaban J connectivity index is 1.74. The molecule has 0 aliphatic carbocycles. The molecular formula is C21H24N2O4. The van der Waals surface area contributed by atoms with Crippen molar-refractivity contribution in [1.29, 1.82) is 0 Å². The molecule has 0 aromatic heterocycles. The molecule has 1 heterocycles. The van der Waals surface area contributed by atoms with Gasteiger partial charge in [0.15, 0.2) is 0 Å². The van der Waals surface area contributed by atoms with Gasteiger partial charge in [-0.1, -0.05) is 19.1 Å². The lowest BCUT2D eigenvalue weighted by atomic mass is 10.1. The monoisotopic (exact) mass is 368 g/mol. The average Bonchev–Trinajstić information content (AvgIpc) is 3.09. The second-order valence-electron chi connectivity index (χ2n) is 6.48. The molecule has 0 bridgehead atoms. The fraction of sp³-hybridized carbons (Fsp3) is 0.333. The average molecular weight is 368 g/mol. The van der Waals surface area contributed by atoms with Crippen molar-refractivity contribution in [2.45, 2.75) is 19.8 Å². The predicted octanol–water partition coefficient (Wildman–Crippen LogP) is 3.26. The van der Waals surface area contributed by atoms with Gasteiger partial charge in [0.05, 0.1) is 25.8 Å². The zero-order valence-corrected chi connectivity index (χ0v) is 15.8. The van der Waals surface area contributed by atoms with Crippen LogP contribution in [0.15, 0.2) is 42.5 Å². The number of hydrogen-bond donors (Lipinski definition) is 1. The molecular weight excluding hydrogens is 344 g/mol. The third kappa shape index (κ3) is 4.05. The zero-order chi connectivity index (χ0) is 19.4. The molecule has 6 nitrogen and oxygen atoms in total. The smallest absolute Gasteiger partial charge is 0.229 e. The van der Waals surface area contributed by atoms with Crippen LogP contribution in [0.5, 0.6) is 11.5 Å². The second kappa shape index (κ2) is 8.12. The Morgan fingerprint density at radius 3 is 2.52 bits per heavy atom.